The molecule has 0 fully saturated rings. The minimum absolute atomic E-state index is 0.0797. The highest BCUT2D eigenvalue weighted by atomic mass is 32.2. The first-order valence-corrected chi connectivity index (χ1v) is 8.53. The quantitative estimate of drug-likeness (QED) is 0.590. The van der Waals surface area contributed by atoms with E-state index in [1.165, 1.54) is 18.2 Å². The third-order valence-electron chi connectivity index (χ3n) is 3.03. The van der Waals surface area contributed by atoms with Crippen LogP contribution >= 0.6 is 0 Å². The third kappa shape index (κ3) is 5.09. The molecule has 21 heavy (non-hydrogen) atoms. The summed E-state index contributed by atoms with van der Waals surface area (Å²) >= 11 is 0. The fraction of sp³-hybridized carbons (Fsp3) is 0.571. The van der Waals surface area contributed by atoms with Gasteiger partial charge in [0.05, 0.1) is 9.82 Å². The van der Waals surface area contributed by atoms with Crippen LogP contribution in [0.3, 0.4) is 0 Å². The molecule has 7 heteroatoms. The normalized spacial score (nSPS) is 11.8. The summed E-state index contributed by atoms with van der Waals surface area (Å²) in [5, 5.41) is 10.8. The number of nitrogens with one attached hydrogen (secondary N) is 1. The van der Waals surface area contributed by atoms with E-state index in [0.29, 0.717) is 18.5 Å². The second kappa shape index (κ2) is 7.51. The van der Waals surface area contributed by atoms with Crippen molar-refractivity contribution in [2.75, 3.05) is 6.54 Å². The van der Waals surface area contributed by atoms with Crippen LogP contribution in [0.1, 0.15) is 39.2 Å². The summed E-state index contributed by atoms with van der Waals surface area (Å²) < 4.78 is 27.2. The van der Waals surface area contributed by atoms with E-state index in [1.54, 1.807) is 0 Å². The van der Waals surface area contributed by atoms with Crippen LogP contribution in [-0.2, 0) is 16.4 Å². The lowest BCUT2D eigenvalue weighted by Gasteiger charge is -2.12. The molecule has 1 aromatic carbocycles. The van der Waals surface area contributed by atoms with Crippen molar-refractivity contribution >= 4 is 15.7 Å². The number of nitro groups is 1. The van der Waals surface area contributed by atoms with Crippen LogP contribution in [0.4, 0.5) is 5.69 Å². The Balaban J connectivity index is 3.17. The molecule has 0 aromatic heterocycles. The highest BCUT2D eigenvalue weighted by Gasteiger charge is 2.21. The summed E-state index contributed by atoms with van der Waals surface area (Å²) in [5.74, 6) is 0.192. The summed E-state index contributed by atoms with van der Waals surface area (Å²) in [6, 6.07) is 3.92. The van der Waals surface area contributed by atoms with Gasteiger partial charge in [0.2, 0.25) is 10.0 Å². The Morgan fingerprint density at radius 1 is 1.33 bits per heavy atom. The number of hydrogen-bond donors (Lipinski definition) is 1. The first-order valence-electron chi connectivity index (χ1n) is 7.05. The van der Waals surface area contributed by atoms with E-state index in [4.69, 9.17) is 0 Å². The Labute approximate surface area is 125 Å². The van der Waals surface area contributed by atoms with Crippen LogP contribution < -0.4 is 4.72 Å². The van der Waals surface area contributed by atoms with Gasteiger partial charge >= 0.3 is 0 Å². The standard InChI is InChI=1S/C14H22N2O4S/c1-4-5-6-12-9-13(16(17)18)7-8-14(12)21(19,20)15-10-11(2)3/h7-9,11,15H,4-6,10H2,1-3H3. The van der Waals surface area contributed by atoms with E-state index in [0.717, 1.165) is 12.8 Å². The molecule has 0 amide bonds. The van der Waals surface area contributed by atoms with Gasteiger partial charge < -0.3 is 0 Å². The molecule has 0 saturated carbocycles. The van der Waals surface area contributed by atoms with Gasteiger partial charge in [0.15, 0.2) is 0 Å². The van der Waals surface area contributed by atoms with Crippen molar-refractivity contribution in [3.05, 3.63) is 33.9 Å². The fourth-order valence-corrected chi connectivity index (χ4v) is 3.32. The number of aryl methyl sites for hydroxylation is 1. The maximum Gasteiger partial charge on any atom is 0.269 e. The largest absolute Gasteiger partial charge is 0.269 e. The number of rotatable bonds is 8. The van der Waals surface area contributed by atoms with Crippen LogP contribution in [0.15, 0.2) is 23.1 Å². The first-order chi connectivity index (χ1) is 9.77. The molecular weight excluding hydrogens is 292 g/mol. The van der Waals surface area contributed by atoms with Crippen molar-refractivity contribution in [3.63, 3.8) is 0 Å². The molecule has 0 spiro atoms. The van der Waals surface area contributed by atoms with E-state index >= 15 is 0 Å². The predicted molar refractivity (Wildman–Crippen MR) is 81.7 cm³/mol. The molecule has 1 aromatic rings. The second-order valence-corrected chi connectivity index (χ2v) is 7.13. The maximum atomic E-state index is 12.3. The molecule has 0 bridgehead atoms. The van der Waals surface area contributed by atoms with Crippen LogP contribution in [0, 0.1) is 16.0 Å². The van der Waals surface area contributed by atoms with Gasteiger partial charge in [0.25, 0.3) is 5.69 Å². The van der Waals surface area contributed by atoms with Gasteiger partial charge in [-0.15, -0.1) is 0 Å². The van der Waals surface area contributed by atoms with Crippen molar-refractivity contribution in [2.45, 2.75) is 44.9 Å². The molecule has 1 N–H and O–H groups in total. The molecule has 0 unspecified atom stereocenters. The summed E-state index contributed by atoms with van der Waals surface area (Å²) in [7, 11) is -3.63. The smallest absolute Gasteiger partial charge is 0.258 e. The third-order valence-corrected chi connectivity index (χ3v) is 4.55. The zero-order chi connectivity index (χ0) is 16.0. The van der Waals surface area contributed by atoms with Gasteiger partial charge in [-0.3, -0.25) is 10.1 Å². The lowest BCUT2D eigenvalue weighted by Crippen LogP contribution is -2.28. The van der Waals surface area contributed by atoms with Crippen molar-refractivity contribution in [3.8, 4) is 0 Å². The summed E-state index contributed by atoms with van der Waals surface area (Å²) in [6.45, 7) is 6.15. The first kappa shape index (κ1) is 17.6. The zero-order valence-electron chi connectivity index (χ0n) is 12.6. The lowest BCUT2D eigenvalue weighted by atomic mass is 10.1. The molecule has 0 aliphatic rings. The predicted octanol–water partition coefficient (Wildman–Crippen LogP) is 2.87. The van der Waals surface area contributed by atoms with E-state index in [9.17, 15) is 18.5 Å². The van der Waals surface area contributed by atoms with Gasteiger partial charge in [-0.05, 0) is 30.4 Å². The molecule has 0 aliphatic carbocycles. The molecule has 1 rings (SSSR count). The van der Waals surface area contributed by atoms with E-state index < -0.39 is 14.9 Å². The maximum absolute atomic E-state index is 12.3. The number of nitrogens with zero attached hydrogens (tertiary/aromatic N) is 1. The van der Waals surface area contributed by atoms with Crippen molar-refractivity contribution < 1.29 is 13.3 Å². The Morgan fingerprint density at radius 3 is 2.52 bits per heavy atom. The summed E-state index contributed by atoms with van der Waals surface area (Å²) in [5.41, 5.74) is 0.422. The molecule has 0 heterocycles. The van der Waals surface area contributed by atoms with Crippen LogP contribution in [0.2, 0.25) is 0 Å². The number of unbranched alkanes of at least 4 members (excludes halogenated alkanes) is 1. The summed E-state index contributed by atoms with van der Waals surface area (Å²) in [4.78, 5) is 10.5. The van der Waals surface area contributed by atoms with E-state index in [1.807, 2.05) is 20.8 Å². The number of benzene rings is 1. The van der Waals surface area contributed by atoms with Crippen LogP contribution in [0.25, 0.3) is 0 Å². The van der Waals surface area contributed by atoms with Gasteiger partial charge in [-0.2, -0.15) is 0 Å². The summed E-state index contributed by atoms with van der Waals surface area (Å²) in [6.07, 6.45) is 2.19. The topological polar surface area (TPSA) is 89.3 Å². The molecular formula is C14H22N2O4S. The van der Waals surface area contributed by atoms with Gasteiger partial charge in [-0.1, -0.05) is 27.2 Å². The number of sulfonamides is 1. The van der Waals surface area contributed by atoms with E-state index in [-0.39, 0.29) is 16.5 Å². The molecule has 0 aliphatic heterocycles. The monoisotopic (exact) mass is 314 g/mol. The molecule has 118 valence electrons. The second-order valence-electron chi connectivity index (χ2n) is 5.40. The Kier molecular flexibility index (Phi) is 6.29. The van der Waals surface area contributed by atoms with Gasteiger partial charge in [0, 0.05) is 18.7 Å². The molecule has 0 radical (unpaired) electrons. The van der Waals surface area contributed by atoms with Gasteiger partial charge in [-0.25, -0.2) is 13.1 Å². The lowest BCUT2D eigenvalue weighted by molar-refractivity contribution is -0.385. The minimum atomic E-state index is -3.63. The number of non-ortho nitro benzene ring substituents is 1. The zero-order valence-corrected chi connectivity index (χ0v) is 13.4. The molecule has 0 atom stereocenters. The number of hydrogen-bond acceptors (Lipinski definition) is 4. The average Bonchev–Trinajstić information content (AvgIpc) is 2.42. The van der Waals surface area contributed by atoms with E-state index in [2.05, 4.69) is 4.72 Å². The van der Waals surface area contributed by atoms with Crippen molar-refractivity contribution in [1.29, 1.82) is 0 Å². The Hall–Kier alpha value is -1.47. The van der Waals surface area contributed by atoms with Crippen molar-refractivity contribution in [2.24, 2.45) is 5.92 Å². The SMILES string of the molecule is CCCCc1cc([N+](=O)[O-])ccc1S(=O)(=O)NCC(C)C. The number of nitro benzene ring substituents is 1. The molecule has 0 saturated heterocycles. The highest BCUT2D eigenvalue weighted by Crippen LogP contribution is 2.23. The highest BCUT2D eigenvalue weighted by molar-refractivity contribution is 7.89. The Bertz CT molecular complexity index is 597. The fourth-order valence-electron chi connectivity index (χ4n) is 1.86. The van der Waals surface area contributed by atoms with Crippen LogP contribution in [0.5, 0.6) is 0 Å². The molecule has 6 nitrogen and oxygen atoms in total. The average molecular weight is 314 g/mol. The Morgan fingerprint density at radius 2 is 2.00 bits per heavy atom. The van der Waals surface area contributed by atoms with Crippen molar-refractivity contribution in [1.82, 2.24) is 4.72 Å². The minimum Gasteiger partial charge on any atom is -0.258 e. The van der Waals surface area contributed by atoms with Gasteiger partial charge in [0.1, 0.15) is 0 Å². The van der Waals surface area contributed by atoms with Crippen LogP contribution in [-0.4, -0.2) is 19.9 Å².